The van der Waals surface area contributed by atoms with Crippen LogP contribution in [0.3, 0.4) is 0 Å². The Kier molecular flexibility index (Phi) is 6.56. The molecule has 3 nitrogen and oxygen atoms in total. The van der Waals surface area contributed by atoms with Crippen LogP contribution in [0.15, 0.2) is 0 Å². The Labute approximate surface area is 105 Å². The van der Waals surface area contributed by atoms with Crippen molar-refractivity contribution in [2.45, 2.75) is 71.4 Å². The Hall–Kier alpha value is -0.570. The fraction of sp³-hybridized carbons (Fsp3) is 0.929. The van der Waals surface area contributed by atoms with Crippen molar-refractivity contribution in [2.75, 3.05) is 6.61 Å². The molecular formula is C14H27NO2. The predicted molar refractivity (Wildman–Crippen MR) is 69.9 cm³/mol. The van der Waals surface area contributed by atoms with E-state index >= 15 is 0 Å². The lowest BCUT2D eigenvalue weighted by Gasteiger charge is -2.30. The van der Waals surface area contributed by atoms with Crippen molar-refractivity contribution in [1.82, 2.24) is 5.32 Å². The Bertz CT molecular complexity index is 230. The summed E-state index contributed by atoms with van der Waals surface area (Å²) in [6.45, 7) is 6.82. The third-order valence-corrected chi connectivity index (χ3v) is 3.54. The molecule has 3 unspecified atom stereocenters. The summed E-state index contributed by atoms with van der Waals surface area (Å²) in [7, 11) is 0. The first-order valence-corrected chi connectivity index (χ1v) is 7.10. The van der Waals surface area contributed by atoms with Crippen molar-refractivity contribution >= 4 is 5.97 Å². The second-order valence-corrected chi connectivity index (χ2v) is 5.17. The van der Waals surface area contributed by atoms with Gasteiger partial charge in [-0.25, -0.2) is 0 Å². The van der Waals surface area contributed by atoms with Gasteiger partial charge in [-0.05, 0) is 39.5 Å². The lowest BCUT2D eigenvalue weighted by atomic mass is 9.85. The van der Waals surface area contributed by atoms with Crippen LogP contribution >= 0.6 is 0 Å². The third kappa shape index (κ3) is 5.07. The zero-order chi connectivity index (χ0) is 12.7. The second kappa shape index (κ2) is 7.70. The van der Waals surface area contributed by atoms with Crippen LogP contribution in [0.2, 0.25) is 0 Å². The van der Waals surface area contributed by atoms with Gasteiger partial charge in [0.25, 0.3) is 0 Å². The van der Waals surface area contributed by atoms with E-state index in [2.05, 4.69) is 19.2 Å². The molecule has 0 saturated heterocycles. The average Bonchev–Trinajstić information content (AvgIpc) is 2.30. The van der Waals surface area contributed by atoms with E-state index in [9.17, 15) is 4.79 Å². The van der Waals surface area contributed by atoms with Crippen LogP contribution in [-0.4, -0.2) is 24.7 Å². The molecule has 0 aromatic heterocycles. The predicted octanol–water partition coefficient (Wildman–Crippen LogP) is 2.89. The van der Waals surface area contributed by atoms with Gasteiger partial charge in [-0.1, -0.05) is 19.8 Å². The van der Waals surface area contributed by atoms with Gasteiger partial charge in [0.1, 0.15) is 0 Å². The van der Waals surface area contributed by atoms with Gasteiger partial charge in [0, 0.05) is 12.1 Å². The van der Waals surface area contributed by atoms with Crippen molar-refractivity contribution < 1.29 is 9.53 Å². The number of ether oxygens (including phenoxy) is 1. The molecule has 0 aliphatic heterocycles. The molecule has 1 aliphatic carbocycles. The van der Waals surface area contributed by atoms with Crippen molar-refractivity contribution in [1.29, 1.82) is 0 Å². The number of carbonyl (C=O) groups is 1. The van der Waals surface area contributed by atoms with Gasteiger partial charge in [-0.2, -0.15) is 0 Å². The highest BCUT2D eigenvalue weighted by molar-refractivity contribution is 5.72. The smallest absolute Gasteiger partial charge is 0.308 e. The van der Waals surface area contributed by atoms with Crippen molar-refractivity contribution in [2.24, 2.45) is 5.92 Å². The quantitative estimate of drug-likeness (QED) is 0.727. The Morgan fingerprint density at radius 2 is 2.18 bits per heavy atom. The Balaban J connectivity index is 2.35. The highest BCUT2D eigenvalue weighted by Gasteiger charge is 2.28. The van der Waals surface area contributed by atoms with Crippen LogP contribution in [0.5, 0.6) is 0 Å². The van der Waals surface area contributed by atoms with Crippen LogP contribution in [0.1, 0.15) is 59.3 Å². The summed E-state index contributed by atoms with van der Waals surface area (Å²) in [4.78, 5) is 11.7. The fourth-order valence-electron chi connectivity index (χ4n) is 2.73. The molecule has 0 amide bonds. The minimum absolute atomic E-state index is 0.00199. The molecule has 17 heavy (non-hydrogen) atoms. The first-order chi connectivity index (χ1) is 8.17. The molecule has 0 spiro atoms. The molecule has 0 aromatic rings. The van der Waals surface area contributed by atoms with Crippen LogP contribution in [0.4, 0.5) is 0 Å². The summed E-state index contributed by atoms with van der Waals surface area (Å²) in [6, 6.07) is 1.06. The van der Waals surface area contributed by atoms with Gasteiger partial charge in [0.15, 0.2) is 0 Å². The summed E-state index contributed by atoms with van der Waals surface area (Å²) in [5.41, 5.74) is 0. The lowest BCUT2D eigenvalue weighted by Crippen LogP contribution is -2.41. The van der Waals surface area contributed by atoms with Crippen molar-refractivity contribution in [3.8, 4) is 0 Å². The Morgan fingerprint density at radius 1 is 1.41 bits per heavy atom. The number of carbonyl (C=O) groups excluding carboxylic acids is 1. The van der Waals surface area contributed by atoms with E-state index in [1.165, 1.54) is 19.3 Å². The molecule has 0 aromatic carbocycles. The molecule has 3 heteroatoms. The normalized spacial score (nSPS) is 26.5. The molecule has 1 N–H and O–H groups in total. The highest BCUT2D eigenvalue weighted by Crippen LogP contribution is 2.25. The molecule has 1 fully saturated rings. The molecule has 1 aliphatic rings. The summed E-state index contributed by atoms with van der Waals surface area (Å²) in [5, 5.41) is 3.64. The van der Waals surface area contributed by atoms with Crippen LogP contribution in [0, 0.1) is 5.92 Å². The van der Waals surface area contributed by atoms with Crippen LogP contribution < -0.4 is 5.32 Å². The van der Waals surface area contributed by atoms with E-state index in [-0.39, 0.29) is 11.9 Å². The Morgan fingerprint density at radius 3 is 2.82 bits per heavy atom. The number of rotatable bonds is 6. The van der Waals surface area contributed by atoms with Crippen molar-refractivity contribution in [3.05, 3.63) is 0 Å². The minimum atomic E-state index is 0.00199. The number of hydrogen-bond donors (Lipinski definition) is 1. The maximum absolute atomic E-state index is 11.7. The highest BCUT2D eigenvalue weighted by atomic mass is 16.5. The zero-order valence-corrected chi connectivity index (χ0v) is 11.5. The molecular weight excluding hydrogens is 214 g/mol. The maximum atomic E-state index is 11.7. The first kappa shape index (κ1) is 14.5. The summed E-state index contributed by atoms with van der Waals surface area (Å²) >= 11 is 0. The first-order valence-electron chi connectivity index (χ1n) is 7.10. The molecule has 100 valence electrons. The largest absolute Gasteiger partial charge is 0.466 e. The van der Waals surface area contributed by atoms with Gasteiger partial charge in [0.05, 0.1) is 12.5 Å². The van der Waals surface area contributed by atoms with E-state index in [0.717, 1.165) is 19.3 Å². The van der Waals surface area contributed by atoms with E-state index in [4.69, 9.17) is 4.74 Å². The van der Waals surface area contributed by atoms with Gasteiger partial charge in [-0.15, -0.1) is 0 Å². The standard InChI is InChI=1S/C14H27NO2/c1-4-7-11(3)15-13-9-6-8-12(10-13)14(16)17-5-2/h11-13,15H,4-10H2,1-3H3. The molecule has 1 rings (SSSR count). The molecule has 1 saturated carbocycles. The monoisotopic (exact) mass is 241 g/mol. The van der Waals surface area contributed by atoms with Gasteiger partial charge >= 0.3 is 5.97 Å². The molecule has 0 radical (unpaired) electrons. The fourth-order valence-corrected chi connectivity index (χ4v) is 2.73. The summed E-state index contributed by atoms with van der Waals surface area (Å²) < 4.78 is 5.12. The zero-order valence-electron chi connectivity index (χ0n) is 11.5. The van der Waals surface area contributed by atoms with Crippen LogP contribution in [0.25, 0.3) is 0 Å². The van der Waals surface area contributed by atoms with Gasteiger partial charge in [-0.3, -0.25) is 4.79 Å². The topological polar surface area (TPSA) is 38.3 Å². The van der Waals surface area contributed by atoms with E-state index in [1.807, 2.05) is 6.92 Å². The lowest BCUT2D eigenvalue weighted by molar-refractivity contribution is -0.149. The van der Waals surface area contributed by atoms with E-state index < -0.39 is 0 Å². The molecule has 0 bridgehead atoms. The van der Waals surface area contributed by atoms with Crippen molar-refractivity contribution in [3.63, 3.8) is 0 Å². The molecule has 0 heterocycles. The molecule has 3 atom stereocenters. The maximum Gasteiger partial charge on any atom is 0.308 e. The SMILES string of the molecule is CCCC(C)NC1CCCC(C(=O)OCC)C1. The number of hydrogen-bond acceptors (Lipinski definition) is 3. The van der Waals surface area contributed by atoms with Gasteiger partial charge < -0.3 is 10.1 Å². The summed E-state index contributed by atoms with van der Waals surface area (Å²) in [5.74, 6) is 0.122. The number of nitrogens with one attached hydrogen (secondary N) is 1. The van der Waals surface area contributed by atoms with E-state index in [1.54, 1.807) is 0 Å². The second-order valence-electron chi connectivity index (χ2n) is 5.17. The third-order valence-electron chi connectivity index (χ3n) is 3.54. The number of esters is 1. The minimum Gasteiger partial charge on any atom is -0.466 e. The average molecular weight is 241 g/mol. The summed E-state index contributed by atoms with van der Waals surface area (Å²) in [6.07, 6.45) is 6.71. The van der Waals surface area contributed by atoms with Crippen LogP contribution in [-0.2, 0) is 9.53 Å². The van der Waals surface area contributed by atoms with Gasteiger partial charge in [0.2, 0.25) is 0 Å². The van der Waals surface area contributed by atoms with E-state index in [0.29, 0.717) is 18.7 Å².